The average Bonchev–Trinajstić information content (AvgIpc) is 2.88. The van der Waals surface area contributed by atoms with E-state index in [9.17, 15) is 0 Å². The van der Waals surface area contributed by atoms with Crippen LogP contribution in [0.3, 0.4) is 0 Å². The van der Waals surface area contributed by atoms with E-state index in [-0.39, 0.29) is 0 Å². The van der Waals surface area contributed by atoms with Gasteiger partial charge in [-0.05, 0) is 12.1 Å². The van der Waals surface area contributed by atoms with Crippen LogP contribution in [0.25, 0.3) is 5.65 Å². The molecular formula is C13H15N5. The van der Waals surface area contributed by atoms with Gasteiger partial charge in [-0.25, -0.2) is 4.98 Å². The van der Waals surface area contributed by atoms with Crippen LogP contribution >= 0.6 is 0 Å². The molecule has 1 saturated heterocycles. The van der Waals surface area contributed by atoms with Crippen molar-refractivity contribution in [3.63, 3.8) is 0 Å². The van der Waals surface area contributed by atoms with E-state index in [1.807, 2.05) is 24.5 Å². The third-order valence-electron chi connectivity index (χ3n) is 3.40. The number of nitriles is 1. The summed E-state index contributed by atoms with van der Waals surface area (Å²) >= 11 is 0. The predicted octanol–water partition coefficient (Wildman–Crippen LogP) is 0.980. The smallest absolute Gasteiger partial charge is 0.138 e. The molecule has 3 rings (SSSR count). The molecule has 3 heterocycles. The summed E-state index contributed by atoms with van der Waals surface area (Å²) in [5.74, 6) is 1.18. The number of aromatic nitrogens is 2. The number of hydrogen-bond donors (Lipinski definition) is 0. The van der Waals surface area contributed by atoms with Crippen molar-refractivity contribution in [1.29, 1.82) is 5.26 Å². The van der Waals surface area contributed by atoms with Crippen LogP contribution in [0.1, 0.15) is 0 Å². The van der Waals surface area contributed by atoms with E-state index in [0.717, 1.165) is 31.8 Å². The molecule has 0 aliphatic carbocycles. The molecule has 2 aromatic heterocycles. The van der Waals surface area contributed by atoms with Gasteiger partial charge in [0.05, 0.1) is 12.6 Å². The normalized spacial score (nSPS) is 16.9. The van der Waals surface area contributed by atoms with E-state index in [1.165, 1.54) is 5.82 Å². The van der Waals surface area contributed by atoms with Crippen LogP contribution < -0.4 is 4.90 Å². The lowest BCUT2D eigenvalue weighted by atomic mass is 10.3. The molecule has 0 atom stereocenters. The Bertz CT molecular complexity index is 574. The maximum Gasteiger partial charge on any atom is 0.138 e. The van der Waals surface area contributed by atoms with Gasteiger partial charge in [0.1, 0.15) is 11.5 Å². The second-order valence-electron chi connectivity index (χ2n) is 4.46. The van der Waals surface area contributed by atoms with Crippen molar-refractivity contribution in [2.45, 2.75) is 0 Å². The Hall–Kier alpha value is -2.06. The quantitative estimate of drug-likeness (QED) is 0.735. The molecule has 92 valence electrons. The third kappa shape index (κ3) is 1.91. The highest BCUT2D eigenvalue weighted by Gasteiger charge is 2.18. The van der Waals surface area contributed by atoms with E-state index in [2.05, 4.69) is 31.3 Å². The molecule has 0 N–H and O–H groups in total. The fourth-order valence-electron chi connectivity index (χ4n) is 2.43. The predicted molar refractivity (Wildman–Crippen MR) is 69.5 cm³/mol. The number of nitrogens with zero attached hydrogens (tertiary/aromatic N) is 5. The summed E-state index contributed by atoms with van der Waals surface area (Å²) in [5, 5.41) is 8.70. The van der Waals surface area contributed by atoms with Crippen molar-refractivity contribution < 1.29 is 0 Å². The average molecular weight is 241 g/mol. The Kier molecular flexibility index (Phi) is 2.87. The van der Waals surface area contributed by atoms with Crippen molar-refractivity contribution in [3.05, 3.63) is 30.6 Å². The van der Waals surface area contributed by atoms with Crippen LogP contribution in [0.2, 0.25) is 0 Å². The molecule has 0 unspecified atom stereocenters. The van der Waals surface area contributed by atoms with Gasteiger partial charge in [0, 0.05) is 38.6 Å². The minimum absolute atomic E-state index is 0.531. The summed E-state index contributed by atoms with van der Waals surface area (Å²) in [7, 11) is 0. The van der Waals surface area contributed by atoms with Gasteiger partial charge in [0.2, 0.25) is 0 Å². The molecule has 0 bridgehead atoms. The summed E-state index contributed by atoms with van der Waals surface area (Å²) in [6.07, 6.45) is 3.82. The molecule has 0 saturated carbocycles. The van der Waals surface area contributed by atoms with Crippen LogP contribution in [0.15, 0.2) is 30.6 Å². The number of anilines is 1. The summed E-state index contributed by atoms with van der Waals surface area (Å²) in [6, 6.07) is 8.38. The van der Waals surface area contributed by atoms with Gasteiger partial charge in [-0.3, -0.25) is 9.30 Å². The fourth-order valence-corrected chi connectivity index (χ4v) is 2.43. The molecule has 1 aliphatic rings. The largest absolute Gasteiger partial charge is 0.355 e. The maximum absolute atomic E-state index is 8.70. The lowest BCUT2D eigenvalue weighted by Gasteiger charge is -2.35. The second-order valence-corrected chi connectivity index (χ2v) is 4.46. The highest BCUT2D eigenvalue weighted by atomic mass is 15.3. The molecule has 5 nitrogen and oxygen atoms in total. The Balaban J connectivity index is 1.80. The summed E-state index contributed by atoms with van der Waals surface area (Å²) < 4.78 is 2.11. The standard InChI is InChI=1S/C13H15N5/c14-4-6-16-8-10-17(11-9-16)13-3-1-2-12-15-5-7-18(12)13/h1-3,5,7H,6,8-11H2. The SMILES string of the molecule is N#CCN1CCN(c2cccc3nccn23)CC1. The topological polar surface area (TPSA) is 47.6 Å². The van der Waals surface area contributed by atoms with Crippen LogP contribution in [0.4, 0.5) is 5.82 Å². The van der Waals surface area contributed by atoms with Gasteiger partial charge in [-0.2, -0.15) is 5.26 Å². The maximum atomic E-state index is 8.70. The van der Waals surface area contributed by atoms with Crippen LogP contribution in [-0.2, 0) is 0 Å². The first-order valence-electron chi connectivity index (χ1n) is 6.15. The Morgan fingerprint density at radius 3 is 2.83 bits per heavy atom. The number of hydrogen-bond acceptors (Lipinski definition) is 4. The van der Waals surface area contributed by atoms with Crippen molar-refractivity contribution in [1.82, 2.24) is 14.3 Å². The minimum Gasteiger partial charge on any atom is -0.355 e. The fraction of sp³-hybridized carbons (Fsp3) is 0.385. The first kappa shape index (κ1) is 11.1. The molecule has 1 fully saturated rings. The van der Waals surface area contributed by atoms with E-state index in [4.69, 9.17) is 5.26 Å². The molecule has 1 aliphatic heterocycles. The van der Waals surface area contributed by atoms with E-state index in [1.54, 1.807) is 0 Å². The summed E-state index contributed by atoms with van der Waals surface area (Å²) in [5.41, 5.74) is 0.979. The first-order valence-corrected chi connectivity index (χ1v) is 6.15. The number of rotatable bonds is 2. The van der Waals surface area contributed by atoms with Gasteiger partial charge in [0.15, 0.2) is 0 Å². The molecule has 2 aromatic rings. The lowest BCUT2D eigenvalue weighted by molar-refractivity contribution is 0.286. The van der Waals surface area contributed by atoms with Crippen LogP contribution in [0.5, 0.6) is 0 Å². The number of fused-ring (bicyclic) bond motifs is 1. The molecular weight excluding hydrogens is 226 g/mol. The van der Waals surface area contributed by atoms with Crippen molar-refractivity contribution in [2.75, 3.05) is 37.6 Å². The van der Waals surface area contributed by atoms with E-state index in [0.29, 0.717) is 6.54 Å². The van der Waals surface area contributed by atoms with Gasteiger partial charge in [-0.15, -0.1) is 0 Å². The van der Waals surface area contributed by atoms with Crippen LogP contribution in [0, 0.1) is 11.3 Å². The van der Waals surface area contributed by atoms with Gasteiger partial charge >= 0.3 is 0 Å². The zero-order valence-electron chi connectivity index (χ0n) is 10.2. The van der Waals surface area contributed by atoms with Crippen molar-refractivity contribution in [2.24, 2.45) is 0 Å². The molecule has 0 spiro atoms. The van der Waals surface area contributed by atoms with Crippen molar-refractivity contribution in [3.8, 4) is 6.07 Å². The Morgan fingerprint density at radius 2 is 2.06 bits per heavy atom. The summed E-state index contributed by atoms with van der Waals surface area (Å²) in [4.78, 5) is 8.84. The van der Waals surface area contributed by atoms with E-state index >= 15 is 0 Å². The number of piperazine rings is 1. The summed E-state index contributed by atoms with van der Waals surface area (Å²) in [6.45, 7) is 4.33. The van der Waals surface area contributed by atoms with Crippen molar-refractivity contribution >= 4 is 11.5 Å². The molecule has 18 heavy (non-hydrogen) atoms. The van der Waals surface area contributed by atoms with Gasteiger partial charge < -0.3 is 4.90 Å². The van der Waals surface area contributed by atoms with Gasteiger partial charge in [0.25, 0.3) is 0 Å². The first-order chi connectivity index (χ1) is 8.88. The van der Waals surface area contributed by atoms with E-state index < -0.39 is 0 Å². The van der Waals surface area contributed by atoms with Crippen LogP contribution in [-0.4, -0.2) is 47.0 Å². The lowest BCUT2D eigenvalue weighted by Crippen LogP contribution is -2.46. The molecule has 0 aromatic carbocycles. The zero-order valence-corrected chi connectivity index (χ0v) is 10.2. The minimum atomic E-state index is 0.531. The number of imidazole rings is 1. The monoisotopic (exact) mass is 241 g/mol. The third-order valence-corrected chi connectivity index (χ3v) is 3.40. The Labute approximate surface area is 106 Å². The molecule has 0 amide bonds. The number of pyridine rings is 1. The van der Waals surface area contributed by atoms with Gasteiger partial charge in [-0.1, -0.05) is 6.07 Å². The highest BCUT2D eigenvalue weighted by molar-refractivity contribution is 5.51. The molecule has 5 heteroatoms. The molecule has 0 radical (unpaired) electrons. The Morgan fingerprint density at radius 1 is 1.22 bits per heavy atom. The second kappa shape index (κ2) is 4.67. The highest BCUT2D eigenvalue weighted by Crippen LogP contribution is 2.17. The zero-order chi connectivity index (χ0) is 12.4.